The molecule has 1 amide bonds. The quantitative estimate of drug-likeness (QED) is 0.153. The number of nitrogens with zero attached hydrogens (tertiary/aromatic N) is 3. The molecule has 2 aromatic heterocycles. The van der Waals surface area contributed by atoms with Gasteiger partial charge >= 0.3 is 11.9 Å². The fourth-order valence-electron chi connectivity index (χ4n) is 3.79. The number of benzene rings is 1. The molecule has 0 bridgehead atoms. The molecule has 0 aliphatic carbocycles. The van der Waals surface area contributed by atoms with Gasteiger partial charge < -0.3 is 19.5 Å². The number of aromatic nitrogens is 3. The van der Waals surface area contributed by atoms with Crippen LogP contribution in [0.25, 0.3) is 0 Å². The van der Waals surface area contributed by atoms with Gasteiger partial charge in [0, 0.05) is 6.54 Å². The van der Waals surface area contributed by atoms with Gasteiger partial charge in [-0.1, -0.05) is 23.9 Å². The van der Waals surface area contributed by atoms with Crippen molar-refractivity contribution in [1.29, 1.82) is 0 Å². The van der Waals surface area contributed by atoms with E-state index in [0.29, 0.717) is 23.1 Å². The molecule has 2 heterocycles. The van der Waals surface area contributed by atoms with Gasteiger partial charge in [0.05, 0.1) is 24.5 Å². The van der Waals surface area contributed by atoms with Crippen molar-refractivity contribution in [2.75, 3.05) is 24.3 Å². The van der Waals surface area contributed by atoms with Crippen LogP contribution in [0.3, 0.4) is 0 Å². The van der Waals surface area contributed by atoms with E-state index < -0.39 is 18.0 Å². The summed E-state index contributed by atoms with van der Waals surface area (Å²) in [5.74, 6) is -0.270. The van der Waals surface area contributed by atoms with E-state index in [-0.39, 0.29) is 40.3 Å². The Morgan fingerprint density at radius 1 is 1.10 bits per heavy atom. The fraction of sp³-hybridized carbons (Fsp3) is 0.393. The molecule has 0 aliphatic rings. The normalized spacial score (nSPS) is 11.6. The van der Waals surface area contributed by atoms with E-state index in [1.807, 2.05) is 43.5 Å². The third-order valence-electron chi connectivity index (χ3n) is 5.88. The molecule has 1 aromatic carbocycles. The minimum atomic E-state index is -0.622. The van der Waals surface area contributed by atoms with Crippen molar-refractivity contribution in [2.24, 2.45) is 0 Å². The highest BCUT2D eigenvalue weighted by molar-refractivity contribution is 7.99. The summed E-state index contributed by atoms with van der Waals surface area (Å²) in [5, 5.41) is 12.1. The van der Waals surface area contributed by atoms with Crippen molar-refractivity contribution >= 4 is 45.9 Å². The summed E-state index contributed by atoms with van der Waals surface area (Å²) < 4.78 is 18.2. The van der Waals surface area contributed by atoms with Crippen LogP contribution in [0.4, 0.5) is 5.00 Å². The lowest BCUT2D eigenvalue weighted by Gasteiger charge is -2.16. The summed E-state index contributed by atoms with van der Waals surface area (Å²) >= 11 is 2.16. The summed E-state index contributed by atoms with van der Waals surface area (Å²) in [6.07, 6.45) is 1.32. The van der Waals surface area contributed by atoms with Crippen molar-refractivity contribution in [1.82, 2.24) is 14.8 Å². The van der Waals surface area contributed by atoms with Gasteiger partial charge in [-0.15, -0.1) is 28.1 Å². The zero-order valence-corrected chi connectivity index (χ0v) is 25.2. The number of aryl methyl sites for hydroxylation is 2. The molecule has 0 saturated carbocycles. The highest BCUT2D eigenvalue weighted by atomic mass is 32.2. The van der Waals surface area contributed by atoms with Crippen LogP contribution in [0, 0.1) is 20.8 Å². The van der Waals surface area contributed by atoms with E-state index >= 15 is 0 Å². The van der Waals surface area contributed by atoms with Crippen LogP contribution in [-0.2, 0) is 20.8 Å². The Balaban J connectivity index is 1.76. The predicted molar refractivity (Wildman–Crippen MR) is 156 cm³/mol. The van der Waals surface area contributed by atoms with Gasteiger partial charge in [-0.3, -0.25) is 9.36 Å². The van der Waals surface area contributed by atoms with Gasteiger partial charge in [0.2, 0.25) is 5.91 Å². The number of esters is 2. The largest absolute Gasteiger partial charge is 0.483 e. The number of rotatable bonds is 13. The molecule has 1 atom stereocenters. The molecule has 12 heteroatoms. The summed E-state index contributed by atoms with van der Waals surface area (Å²) in [6, 6.07) is 5.89. The second-order valence-corrected chi connectivity index (χ2v) is 10.7. The SMILES string of the molecule is C=CCn1c(SCC(=O)Nc2sc(C(=O)OCC)c(C)c2C(=O)OCC)nnc1C(C)Oc1ccc(C)c(C)c1. The van der Waals surface area contributed by atoms with Crippen LogP contribution in [0.5, 0.6) is 5.75 Å². The molecule has 1 unspecified atom stereocenters. The number of ether oxygens (including phenoxy) is 3. The van der Waals surface area contributed by atoms with Crippen LogP contribution in [0.15, 0.2) is 36.0 Å². The van der Waals surface area contributed by atoms with Crippen molar-refractivity contribution in [3.8, 4) is 5.75 Å². The predicted octanol–water partition coefficient (Wildman–Crippen LogP) is 5.68. The minimum Gasteiger partial charge on any atom is -0.483 e. The van der Waals surface area contributed by atoms with E-state index in [1.54, 1.807) is 26.8 Å². The molecule has 40 heavy (non-hydrogen) atoms. The smallest absolute Gasteiger partial charge is 0.348 e. The lowest BCUT2D eigenvalue weighted by Crippen LogP contribution is -2.17. The maximum Gasteiger partial charge on any atom is 0.348 e. The molecule has 3 rings (SSSR count). The average Bonchev–Trinajstić information content (AvgIpc) is 3.45. The number of hydrogen-bond donors (Lipinski definition) is 1. The number of allylic oxidation sites excluding steroid dienone is 1. The first-order valence-electron chi connectivity index (χ1n) is 12.8. The monoisotopic (exact) mass is 586 g/mol. The van der Waals surface area contributed by atoms with Crippen molar-refractivity contribution in [2.45, 2.75) is 59.3 Å². The zero-order chi connectivity index (χ0) is 29.4. The van der Waals surface area contributed by atoms with Gasteiger partial charge in [-0.2, -0.15) is 0 Å². The van der Waals surface area contributed by atoms with Crippen molar-refractivity contribution < 1.29 is 28.6 Å². The topological polar surface area (TPSA) is 122 Å². The van der Waals surface area contributed by atoms with Gasteiger partial charge in [-0.05, 0) is 70.4 Å². The second kappa shape index (κ2) is 14.1. The lowest BCUT2D eigenvalue weighted by molar-refractivity contribution is -0.113. The first-order chi connectivity index (χ1) is 19.1. The average molecular weight is 587 g/mol. The van der Waals surface area contributed by atoms with Crippen LogP contribution >= 0.6 is 23.1 Å². The van der Waals surface area contributed by atoms with Crippen LogP contribution in [0.2, 0.25) is 0 Å². The zero-order valence-electron chi connectivity index (χ0n) is 23.5. The van der Waals surface area contributed by atoms with Crippen molar-refractivity contribution in [3.05, 3.63) is 63.8 Å². The molecule has 0 radical (unpaired) electrons. The Morgan fingerprint density at radius 2 is 1.80 bits per heavy atom. The standard InChI is InChI=1S/C28H34N4O6S2/c1-8-13-32-24(19(7)38-20-12-11-16(4)17(5)14-20)30-31-28(32)39-15-21(33)29-25-22(26(34)36-9-2)18(6)23(40-25)27(35)37-10-3/h8,11-12,14,19H,1,9-10,13,15H2,2-7H3,(H,29,33). The Hall–Kier alpha value is -3.64. The molecule has 1 N–H and O–H groups in total. The Labute approximate surface area is 242 Å². The highest BCUT2D eigenvalue weighted by Gasteiger charge is 2.27. The van der Waals surface area contributed by atoms with Crippen LogP contribution in [0.1, 0.15) is 69.4 Å². The maximum atomic E-state index is 12.9. The first-order valence-corrected chi connectivity index (χ1v) is 14.6. The molecular formula is C28H34N4O6S2. The number of carbonyl (C=O) groups excluding carboxylic acids is 3. The van der Waals surface area contributed by atoms with Gasteiger partial charge in [0.25, 0.3) is 0 Å². The Bertz CT molecular complexity index is 1400. The third kappa shape index (κ3) is 7.30. The van der Waals surface area contributed by atoms with E-state index in [0.717, 1.165) is 22.6 Å². The van der Waals surface area contributed by atoms with E-state index in [4.69, 9.17) is 14.2 Å². The molecule has 0 aliphatic heterocycles. The molecule has 214 valence electrons. The lowest BCUT2D eigenvalue weighted by atomic mass is 10.1. The summed E-state index contributed by atoms with van der Waals surface area (Å²) in [5.41, 5.74) is 2.84. The molecule has 0 spiro atoms. The summed E-state index contributed by atoms with van der Waals surface area (Å²) in [6.45, 7) is 15.5. The highest BCUT2D eigenvalue weighted by Crippen LogP contribution is 2.35. The third-order valence-corrected chi connectivity index (χ3v) is 8.04. The number of thioether (sulfide) groups is 1. The number of nitrogens with one attached hydrogen (secondary N) is 1. The van der Waals surface area contributed by atoms with E-state index in [2.05, 4.69) is 22.1 Å². The Kier molecular flexibility index (Phi) is 10.9. The molecule has 0 saturated heterocycles. The second-order valence-electron chi connectivity index (χ2n) is 8.78. The van der Waals surface area contributed by atoms with Crippen LogP contribution in [-0.4, -0.2) is 51.6 Å². The number of thiophene rings is 1. The number of amides is 1. The maximum absolute atomic E-state index is 12.9. The first kappa shape index (κ1) is 30.9. The number of hydrogen-bond acceptors (Lipinski definition) is 10. The van der Waals surface area contributed by atoms with Gasteiger partial charge in [0.1, 0.15) is 15.6 Å². The van der Waals surface area contributed by atoms with Crippen LogP contribution < -0.4 is 10.1 Å². The van der Waals surface area contributed by atoms with Crippen molar-refractivity contribution in [3.63, 3.8) is 0 Å². The summed E-state index contributed by atoms with van der Waals surface area (Å²) in [7, 11) is 0. The van der Waals surface area contributed by atoms with Gasteiger partial charge in [-0.25, -0.2) is 9.59 Å². The molecule has 10 nitrogen and oxygen atoms in total. The number of anilines is 1. The Morgan fingerprint density at radius 3 is 2.45 bits per heavy atom. The molecular weight excluding hydrogens is 552 g/mol. The van der Waals surface area contributed by atoms with E-state index in [9.17, 15) is 14.4 Å². The minimum absolute atomic E-state index is 0.0182. The number of carbonyl (C=O) groups is 3. The summed E-state index contributed by atoms with van der Waals surface area (Å²) in [4.78, 5) is 38.2. The fourth-order valence-corrected chi connectivity index (χ4v) is 5.65. The molecule has 0 fully saturated rings. The molecule has 3 aromatic rings. The van der Waals surface area contributed by atoms with E-state index in [1.165, 1.54) is 17.3 Å². The van der Waals surface area contributed by atoms with Gasteiger partial charge in [0.15, 0.2) is 17.1 Å².